The van der Waals surface area contributed by atoms with Gasteiger partial charge in [0.15, 0.2) is 0 Å². The van der Waals surface area contributed by atoms with Crippen LogP contribution in [-0.2, 0) is 17.8 Å². The first kappa shape index (κ1) is 17.8. The second-order valence-corrected chi connectivity index (χ2v) is 7.23. The summed E-state index contributed by atoms with van der Waals surface area (Å²) in [6, 6.07) is 19.0. The summed E-state index contributed by atoms with van der Waals surface area (Å²) >= 11 is 0. The van der Waals surface area contributed by atoms with Gasteiger partial charge in [-0.2, -0.15) is 0 Å². The minimum Gasteiger partial charge on any atom is -0.343 e. The smallest absolute Gasteiger partial charge is 0.225 e. The second kappa shape index (κ2) is 7.55. The predicted octanol–water partition coefficient (Wildman–Crippen LogP) is 3.19. The lowest BCUT2D eigenvalue weighted by atomic mass is 10.1. The molecule has 2 atom stereocenters. The van der Waals surface area contributed by atoms with E-state index in [1.54, 1.807) is 0 Å². The summed E-state index contributed by atoms with van der Waals surface area (Å²) in [5.74, 6) is 0.0369. The van der Waals surface area contributed by atoms with Crippen molar-refractivity contribution in [1.29, 1.82) is 0 Å². The molecule has 2 aromatic carbocycles. The average molecular weight is 362 g/mol. The van der Waals surface area contributed by atoms with Crippen molar-refractivity contribution in [3.8, 4) is 0 Å². The van der Waals surface area contributed by atoms with Crippen LogP contribution in [0.25, 0.3) is 10.9 Å². The third-order valence-corrected chi connectivity index (χ3v) is 5.24. The monoisotopic (exact) mass is 362 g/mol. The van der Waals surface area contributed by atoms with Crippen LogP contribution < -0.4 is 16.2 Å². The molecule has 1 amide bonds. The number of nitrogens with one attached hydrogen (secondary N) is 3. The largest absolute Gasteiger partial charge is 0.343 e. The predicted molar refractivity (Wildman–Crippen MR) is 108 cm³/mol. The molecule has 27 heavy (non-hydrogen) atoms. The highest BCUT2D eigenvalue weighted by atomic mass is 16.1. The van der Waals surface area contributed by atoms with Crippen molar-refractivity contribution in [3.05, 3.63) is 71.4 Å². The SMILES string of the molecule is CCn1c(C2CC(NC(=O)Cc3ccc(C)cc3)NN2)cc2ccccc21. The van der Waals surface area contributed by atoms with Gasteiger partial charge in [0.2, 0.25) is 5.91 Å². The van der Waals surface area contributed by atoms with Crippen LogP contribution in [0.2, 0.25) is 0 Å². The Morgan fingerprint density at radius 3 is 2.70 bits per heavy atom. The van der Waals surface area contributed by atoms with Gasteiger partial charge in [0, 0.05) is 24.2 Å². The molecule has 3 N–H and O–H groups in total. The number of rotatable bonds is 5. The highest BCUT2D eigenvalue weighted by molar-refractivity contribution is 5.81. The Labute approximate surface area is 159 Å². The summed E-state index contributed by atoms with van der Waals surface area (Å²) in [4.78, 5) is 12.4. The van der Waals surface area contributed by atoms with E-state index in [9.17, 15) is 4.79 Å². The quantitative estimate of drug-likeness (QED) is 0.653. The lowest BCUT2D eigenvalue weighted by molar-refractivity contribution is -0.121. The van der Waals surface area contributed by atoms with Gasteiger partial charge in [0.1, 0.15) is 0 Å². The lowest BCUT2D eigenvalue weighted by Crippen LogP contribution is -2.44. The lowest BCUT2D eigenvalue weighted by Gasteiger charge is -2.14. The minimum absolute atomic E-state index is 0.0369. The minimum atomic E-state index is -0.0729. The van der Waals surface area contributed by atoms with Crippen LogP contribution in [0.3, 0.4) is 0 Å². The number of hydrogen-bond acceptors (Lipinski definition) is 3. The molecule has 2 unspecified atom stereocenters. The highest BCUT2D eigenvalue weighted by Crippen LogP contribution is 2.28. The van der Waals surface area contributed by atoms with E-state index in [0.29, 0.717) is 6.42 Å². The van der Waals surface area contributed by atoms with Crippen molar-refractivity contribution in [2.75, 3.05) is 0 Å². The molecule has 2 heterocycles. The summed E-state index contributed by atoms with van der Waals surface area (Å²) in [7, 11) is 0. The van der Waals surface area contributed by atoms with Gasteiger partial charge in [-0.3, -0.25) is 4.79 Å². The summed E-state index contributed by atoms with van der Waals surface area (Å²) in [6.07, 6.45) is 1.14. The fourth-order valence-electron chi connectivity index (χ4n) is 3.85. The first-order valence-corrected chi connectivity index (χ1v) is 9.58. The van der Waals surface area contributed by atoms with Gasteiger partial charge in [-0.05, 0) is 36.9 Å². The van der Waals surface area contributed by atoms with Crippen LogP contribution in [0.4, 0.5) is 0 Å². The van der Waals surface area contributed by atoms with Gasteiger partial charge >= 0.3 is 0 Å². The molecular weight excluding hydrogens is 336 g/mol. The summed E-state index contributed by atoms with van der Waals surface area (Å²) in [5, 5.41) is 4.34. The van der Waals surface area contributed by atoms with Crippen LogP contribution in [0.5, 0.6) is 0 Å². The number of nitrogens with zero attached hydrogens (tertiary/aromatic N) is 1. The van der Waals surface area contributed by atoms with E-state index in [1.165, 1.54) is 22.2 Å². The maximum absolute atomic E-state index is 12.4. The van der Waals surface area contributed by atoms with Crippen LogP contribution >= 0.6 is 0 Å². The van der Waals surface area contributed by atoms with Gasteiger partial charge in [-0.25, -0.2) is 10.9 Å². The van der Waals surface area contributed by atoms with Crippen molar-refractivity contribution in [3.63, 3.8) is 0 Å². The Morgan fingerprint density at radius 1 is 1.15 bits per heavy atom. The topological polar surface area (TPSA) is 58.1 Å². The number of benzene rings is 2. The molecule has 1 saturated heterocycles. The maximum atomic E-state index is 12.4. The van der Waals surface area contributed by atoms with E-state index in [1.807, 2.05) is 31.2 Å². The van der Waals surface area contributed by atoms with Crippen molar-refractivity contribution in [1.82, 2.24) is 20.7 Å². The number of carbonyl (C=O) groups is 1. The molecule has 140 valence electrons. The van der Waals surface area contributed by atoms with E-state index in [-0.39, 0.29) is 18.1 Å². The molecule has 0 bridgehead atoms. The number of fused-ring (bicyclic) bond motifs is 1. The zero-order valence-electron chi connectivity index (χ0n) is 15.8. The number of para-hydroxylation sites is 1. The van der Waals surface area contributed by atoms with Crippen LogP contribution in [0.1, 0.15) is 36.2 Å². The Hall–Kier alpha value is -2.63. The van der Waals surface area contributed by atoms with E-state index < -0.39 is 0 Å². The summed E-state index contributed by atoms with van der Waals surface area (Å²) in [6.45, 7) is 5.14. The van der Waals surface area contributed by atoms with Crippen molar-refractivity contribution in [2.45, 2.75) is 45.4 Å². The third kappa shape index (κ3) is 3.75. The standard InChI is InChI=1S/C22H26N4O/c1-3-26-19-7-5-4-6-17(19)13-20(26)18-14-21(25-24-18)23-22(27)12-16-10-8-15(2)9-11-16/h4-11,13,18,21,24-25H,3,12,14H2,1-2H3,(H,23,27). The van der Waals surface area contributed by atoms with Gasteiger partial charge < -0.3 is 9.88 Å². The highest BCUT2D eigenvalue weighted by Gasteiger charge is 2.28. The molecule has 0 spiro atoms. The fraction of sp³-hybridized carbons (Fsp3) is 0.318. The van der Waals surface area contributed by atoms with Crippen molar-refractivity contribution < 1.29 is 4.79 Å². The Morgan fingerprint density at radius 2 is 1.93 bits per heavy atom. The Balaban J connectivity index is 1.41. The van der Waals surface area contributed by atoms with E-state index in [0.717, 1.165) is 18.5 Å². The van der Waals surface area contributed by atoms with Crippen LogP contribution in [0.15, 0.2) is 54.6 Å². The van der Waals surface area contributed by atoms with Gasteiger partial charge in [-0.15, -0.1) is 0 Å². The van der Waals surface area contributed by atoms with Crippen molar-refractivity contribution >= 4 is 16.8 Å². The zero-order chi connectivity index (χ0) is 18.8. The average Bonchev–Trinajstić information content (AvgIpc) is 3.27. The van der Waals surface area contributed by atoms with Crippen LogP contribution in [0, 0.1) is 6.92 Å². The number of amides is 1. The number of aryl methyl sites for hydroxylation is 2. The van der Waals surface area contributed by atoms with Crippen molar-refractivity contribution in [2.24, 2.45) is 0 Å². The second-order valence-electron chi connectivity index (χ2n) is 7.23. The zero-order valence-corrected chi connectivity index (χ0v) is 15.8. The molecular formula is C22H26N4O. The number of hydrogen-bond donors (Lipinski definition) is 3. The first-order chi connectivity index (χ1) is 13.1. The fourth-order valence-corrected chi connectivity index (χ4v) is 3.85. The molecule has 0 saturated carbocycles. The normalized spacial score (nSPS) is 19.5. The molecule has 5 nitrogen and oxygen atoms in total. The van der Waals surface area contributed by atoms with Crippen LogP contribution in [-0.4, -0.2) is 16.6 Å². The molecule has 1 aliphatic rings. The summed E-state index contributed by atoms with van der Waals surface area (Å²) < 4.78 is 2.34. The first-order valence-electron chi connectivity index (χ1n) is 9.58. The Bertz CT molecular complexity index is 945. The Kier molecular flexibility index (Phi) is 4.97. The van der Waals surface area contributed by atoms with E-state index in [4.69, 9.17) is 0 Å². The molecule has 1 aromatic heterocycles. The maximum Gasteiger partial charge on any atom is 0.225 e. The summed E-state index contributed by atoms with van der Waals surface area (Å²) in [5.41, 5.74) is 11.3. The van der Waals surface area contributed by atoms with Gasteiger partial charge in [0.05, 0.1) is 18.6 Å². The molecule has 5 heteroatoms. The number of hydrazine groups is 1. The van der Waals surface area contributed by atoms with E-state index >= 15 is 0 Å². The number of carbonyl (C=O) groups excluding carboxylic acids is 1. The molecule has 3 aromatic rings. The molecule has 1 fully saturated rings. The number of aromatic nitrogens is 1. The molecule has 0 aliphatic carbocycles. The van der Waals surface area contributed by atoms with Gasteiger partial charge in [-0.1, -0.05) is 48.0 Å². The molecule has 1 aliphatic heterocycles. The van der Waals surface area contributed by atoms with Gasteiger partial charge in [0.25, 0.3) is 0 Å². The molecule has 0 radical (unpaired) electrons. The van der Waals surface area contributed by atoms with E-state index in [2.05, 4.69) is 58.0 Å². The molecule has 4 rings (SSSR count). The third-order valence-electron chi connectivity index (χ3n) is 5.24.